The lowest BCUT2D eigenvalue weighted by Gasteiger charge is -2.05. The largest absolute Gasteiger partial charge is 0.493 e. The van der Waals surface area contributed by atoms with Crippen LogP contribution >= 0.6 is 0 Å². The Morgan fingerprint density at radius 2 is 2.24 bits per heavy atom. The zero-order valence-electron chi connectivity index (χ0n) is 9.23. The Labute approximate surface area is 98.8 Å². The molecule has 90 valence electrons. The maximum Gasteiger partial charge on any atom is 0.328 e. The predicted molar refractivity (Wildman–Crippen MR) is 63.4 cm³/mol. The van der Waals surface area contributed by atoms with E-state index in [9.17, 15) is 9.18 Å². The van der Waals surface area contributed by atoms with Crippen molar-refractivity contribution in [2.75, 3.05) is 6.61 Å². The second-order valence-electron chi connectivity index (χ2n) is 3.32. The Hall–Kier alpha value is -2.10. The van der Waals surface area contributed by atoms with E-state index in [2.05, 4.69) is 6.58 Å². The minimum absolute atomic E-state index is 0.372. The summed E-state index contributed by atoms with van der Waals surface area (Å²) in [7, 11) is 0. The number of aliphatic carboxylic acids is 1. The third-order valence-electron chi connectivity index (χ3n) is 1.90. The van der Waals surface area contributed by atoms with Crippen molar-refractivity contribution in [1.82, 2.24) is 0 Å². The summed E-state index contributed by atoms with van der Waals surface area (Å²) in [6.07, 6.45) is 4.62. The zero-order chi connectivity index (χ0) is 12.7. The van der Waals surface area contributed by atoms with Gasteiger partial charge in [0.15, 0.2) is 0 Å². The van der Waals surface area contributed by atoms with E-state index < -0.39 is 11.8 Å². The van der Waals surface area contributed by atoms with Crippen LogP contribution in [0.2, 0.25) is 0 Å². The highest BCUT2D eigenvalue weighted by Crippen LogP contribution is 2.17. The molecule has 0 aliphatic rings. The van der Waals surface area contributed by atoms with Crippen LogP contribution in [0.3, 0.4) is 0 Å². The van der Waals surface area contributed by atoms with E-state index in [4.69, 9.17) is 9.84 Å². The summed E-state index contributed by atoms with van der Waals surface area (Å²) in [4.78, 5) is 10.3. The maximum atomic E-state index is 13.2. The summed E-state index contributed by atoms with van der Waals surface area (Å²) < 4.78 is 18.5. The highest BCUT2D eigenvalue weighted by atomic mass is 19.1. The van der Waals surface area contributed by atoms with Crippen LogP contribution in [0.15, 0.2) is 36.9 Å². The van der Waals surface area contributed by atoms with Crippen LogP contribution in [-0.4, -0.2) is 17.7 Å². The van der Waals surface area contributed by atoms with Crippen LogP contribution in [-0.2, 0) is 4.79 Å². The molecule has 0 radical (unpaired) electrons. The molecule has 0 unspecified atom stereocenters. The summed E-state index contributed by atoms with van der Waals surface area (Å²) in [6.45, 7) is 3.96. The molecule has 3 nitrogen and oxygen atoms in total. The Bertz CT molecular complexity index is 438. The molecule has 0 amide bonds. The number of carboxylic acid groups (broad SMARTS) is 1. The van der Waals surface area contributed by atoms with Gasteiger partial charge in [-0.25, -0.2) is 9.18 Å². The minimum Gasteiger partial charge on any atom is -0.493 e. The second-order valence-corrected chi connectivity index (χ2v) is 3.32. The molecule has 0 fully saturated rings. The van der Waals surface area contributed by atoms with Gasteiger partial charge in [0.2, 0.25) is 0 Å². The van der Waals surface area contributed by atoms with Crippen LogP contribution < -0.4 is 4.74 Å². The van der Waals surface area contributed by atoms with Gasteiger partial charge in [0, 0.05) is 12.1 Å². The van der Waals surface area contributed by atoms with Crippen molar-refractivity contribution in [2.24, 2.45) is 0 Å². The molecule has 0 heterocycles. The highest BCUT2D eigenvalue weighted by molar-refractivity contribution is 5.85. The average molecular weight is 236 g/mol. The quantitative estimate of drug-likeness (QED) is 0.469. The van der Waals surface area contributed by atoms with Crippen LogP contribution in [0.4, 0.5) is 4.39 Å². The number of carboxylic acids is 1. The molecule has 1 aromatic carbocycles. The normalized spacial score (nSPS) is 10.4. The molecule has 0 aliphatic carbocycles. The Morgan fingerprint density at radius 1 is 1.47 bits per heavy atom. The van der Waals surface area contributed by atoms with Gasteiger partial charge >= 0.3 is 5.97 Å². The molecule has 0 aromatic heterocycles. The average Bonchev–Trinajstić information content (AvgIpc) is 2.26. The van der Waals surface area contributed by atoms with Crippen molar-refractivity contribution in [3.8, 4) is 5.75 Å². The van der Waals surface area contributed by atoms with Crippen molar-refractivity contribution < 1.29 is 19.0 Å². The number of hydrogen-bond acceptors (Lipinski definition) is 2. The SMILES string of the molecule is C=CCCOc1cc(F)cc(/C=C/C(=O)O)c1. The molecule has 1 rings (SSSR count). The zero-order valence-corrected chi connectivity index (χ0v) is 9.23. The molecule has 0 saturated heterocycles. The fraction of sp³-hybridized carbons (Fsp3) is 0.154. The lowest BCUT2D eigenvalue weighted by molar-refractivity contribution is -0.131. The van der Waals surface area contributed by atoms with E-state index in [-0.39, 0.29) is 0 Å². The summed E-state index contributed by atoms with van der Waals surface area (Å²) in [6, 6.07) is 4.06. The van der Waals surface area contributed by atoms with Gasteiger partial charge in [-0.15, -0.1) is 6.58 Å². The third-order valence-corrected chi connectivity index (χ3v) is 1.90. The fourth-order valence-corrected chi connectivity index (χ4v) is 1.19. The van der Waals surface area contributed by atoms with Crippen molar-refractivity contribution in [3.63, 3.8) is 0 Å². The standard InChI is InChI=1S/C13H13FO3/c1-2-3-6-17-12-8-10(4-5-13(15)16)7-11(14)9-12/h2,4-5,7-9H,1,3,6H2,(H,15,16)/b5-4+. The third kappa shape index (κ3) is 4.97. The number of carbonyl (C=O) groups is 1. The summed E-state index contributed by atoms with van der Waals surface area (Å²) in [5, 5.41) is 8.46. The van der Waals surface area contributed by atoms with Gasteiger partial charge in [-0.3, -0.25) is 0 Å². The first-order chi connectivity index (χ1) is 8.11. The fourth-order valence-electron chi connectivity index (χ4n) is 1.19. The lowest BCUT2D eigenvalue weighted by atomic mass is 10.2. The van der Waals surface area contributed by atoms with E-state index in [1.54, 1.807) is 12.1 Å². The van der Waals surface area contributed by atoms with Crippen LogP contribution in [0, 0.1) is 5.82 Å². The Kier molecular flexibility index (Phi) is 4.94. The van der Waals surface area contributed by atoms with Crippen molar-refractivity contribution in [3.05, 3.63) is 48.3 Å². The molecule has 0 saturated carbocycles. The molecule has 4 heteroatoms. The number of ether oxygens (including phenoxy) is 1. The molecule has 17 heavy (non-hydrogen) atoms. The number of benzene rings is 1. The van der Waals surface area contributed by atoms with E-state index in [1.807, 2.05) is 0 Å². The minimum atomic E-state index is -1.08. The molecule has 1 aromatic rings. The molecule has 1 N–H and O–H groups in total. The van der Waals surface area contributed by atoms with Crippen LogP contribution in [0.5, 0.6) is 5.75 Å². The smallest absolute Gasteiger partial charge is 0.328 e. The van der Waals surface area contributed by atoms with Crippen molar-refractivity contribution in [1.29, 1.82) is 0 Å². The Balaban J connectivity index is 2.78. The van der Waals surface area contributed by atoms with E-state index in [1.165, 1.54) is 18.2 Å². The molecule has 0 atom stereocenters. The van der Waals surface area contributed by atoms with E-state index >= 15 is 0 Å². The summed E-state index contributed by atoms with van der Waals surface area (Å²) in [5.41, 5.74) is 0.445. The second kappa shape index (κ2) is 6.48. The lowest BCUT2D eigenvalue weighted by Crippen LogP contribution is -1.96. The predicted octanol–water partition coefficient (Wildman–Crippen LogP) is 2.88. The van der Waals surface area contributed by atoms with Gasteiger partial charge in [0.25, 0.3) is 0 Å². The molecule has 0 aliphatic heterocycles. The summed E-state index contributed by atoms with van der Waals surface area (Å²) >= 11 is 0. The van der Waals surface area contributed by atoms with Gasteiger partial charge in [0.05, 0.1) is 6.61 Å². The highest BCUT2D eigenvalue weighted by Gasteiger charge is 2.00. The molecule has 0 spiro atoms. The number of hydrogen-bond donors (Lipinski definition) is 1. The van der Waals surface area contributed by atoms with E-state index in [0.29, 0.717) is 24.3 Å². The van der Waals surface area contributed by atoms with Gasteiger partial charge in [-0.1, -0.05) is 6.08 Å². The van der Waals surface area contributed by atoms with Crippen LogP contribution in [0.1, 0.15) is 12.0 Å². The Morgan fingerprint density at radius 3 is 2.88 bits per heavy atom. The van der Waals surface area contributed by atoms with Crippen molar-refractivity contribution in [2.45, 2.75) is 6.42 Å². The topological polar surface area (TPSA) is 46.5 Å². The van der Waals surface area contributed by atoms with Crippen LogP contribution in [0.25, 0.3) is 6.08 Å². The first-order valence-corrected chi connectivity index (χ1v) is 5.07. The number of halogens is 1. The molecule has 0 bridgehead atoms. The van der Waals surface area contributed by atoms with Gasteiger partial charge < -0.3 is 9.84 Å². The number of rotatable bonds is 6. The van der Waals surface area contributed by atoms with Crippen molar-refractivity contribution >= 4 is 12.0 Å². The molecular weight excluding hydrogens is 223 g/mol. The van der Waals surface area contributed by atoms with Gasteiger partial charge in [-0.05, 0) is 30.2 Å². The monoisotopic (exact) mass is 236 g/mol. The van der Waals surface area contributed by atoms with Gasteiger partial charge in [-0.2, -0.15) is 0 Å². The maximum absolute atomic E-state index is 13.2. The van der Waals surface area contributed by atoms with E-state index in [0.717, 1.165) is 6.08 Å². The summed E-state index contributed by atoms with van der Waals surface area (Å²) in [5.74, 6) is -1.17. The first kappa shape index (κ1) is 13.0. The van der Waals surface area contributed by atoms with Gasteiger partial charge in [0.1, 0.15) is 11.6 Å². The first-order valence-electron chi connectivity index (χ1n) is 5.07. The molecular formula is C13H13FO3.